The molecular formula is C20H20N2OS2. The average Bonchev–Trinajstić information content (AvgIpc) is 3.30. The van der Waals surface area contributed by atoms with Crippen molar-refractivity contribution in [1.29, 1.82) is 0 Å². The fourth-order valence-corrected chi connectivity index (χ4v) is 4.86. The molecule has 1 aliphatic rings. The molecule has 1 aromatic carbocycles. The maximum atomic E-state index is 13.1. The Labute approximate surface area is 156 Å². The van der Waals surface area contributed by atoms with Crippen molar-refractivity contribution < 1.29 is 4.79 Å². The van der Waals surface area contributed by atoms with Crippen molar-refractivity contribution in [3.63, 3.8) is 0 Å². The van der Waals surface area contributed by atoms with Crippen molar-refractivity contribution in [2.24, 2.45) is 0 Å². The number of thiophene rings is 1. The van der Waals surface area contributed by atoms with E-state index in [-0.39, 0.29) is 11.9 Å². The third kappa shape index (κ3) is 3.53. The molecule has 3 aromatic rings. The van der Waals surface area contributed by atoms with E-state index in [1.807, 2.05) is 18.2 Å². The number of thioether (sulfide) groups is 1. The number of aryl methyl sites for hydroxylation is 1. The lowest BCUT2D eigenvalue weighted by molar-refractivity contribution is -0.130. The third-order valence-electron chi connectivity index (χ3n) is 4.54. The highest BCUT2D eigenvalue weighted by atomic mass is 32.2. The minimum Gasteiger partial charge on any atom is -0.349 e. The highest BCUT2D eigenvalue weighted by Crippen LogP contribution is 2.33. The number of hydrogen-bond acceptors (Lipinski definition) is 3. The minimum atomic E-state index is 0.0209. The van der Waals surface area contributed by atoms with Crippen LogP contribution in [0.25, 0.3) is 0 Å². The maximum Gasteiger partial charge on any atom is 0.233 e. The second kappa shape index (κ2) is 7.50. The summed E-state index contributed by atoms with van der Waals surface area (Å²) in [5, 5.41) is 4.26. The van der Waals surface area contributed by atoms with Crippen molar-refractivity contribution in [3.05, 3.63) is 76.7 Å². The molecule has 1 unspecified atom stereocenters. The molecule has 4 rings (SSSR count). The molecule has 0 saturated heterocycles. The lowest BCUT2D eigenvalue weighted by atomic mass is 10.1. The van der Waals surface area contributed by atoms with Crippen LogP contribution in [0.1, 0.15) is 23.7 Å². The minimum absolute atomic E-state index is 0.0209. The van der Waals surface area contributed by atoms with Gasteiger partial charge in [0.15, 0.2) is 0 Å². The maximum absolute atomic E-state index is 13.1. The van der Waals surface area contributed by atoms with Gasteiger partial charge in [0.1, 0.15) is 0 Å². The summed E-state index contributed by atoms with van der Waals surface area (Å²) in [5.74, 6) is 0.686. The number of carbonyl (C=O) groups is 1. The van der Waals surface area contributed by atoms with Gasteiger partial charge in [0.25, 0.3) is 0 Å². The Balaban J connectivity index is 1.59. The number of aromatic nitrogens is 1. The van der Waals surface area contributed by atoms with Crippen LogP contribution in [0.2, 0.25) is 0 Å². The molecular weight excluding hydrogens is 348 g/mol. The number of nitrogens with zero attached hydrogens (tertiary/aromatic N) is 2. The van der Waals surface area contributed by atoms with E-state index < -0.39 is 0 Å². The summed E-state index contributed by atoms with van der Waals surface area (Å²) in [4.78, 5) is 16.3. The molecule has 5 heteroatoms. The Kier molecular flexibility index (Phi) is 4.95. The predicted octanol–water partition coefficient (Wildman–Crippen LogP) is 4.66. The molecule has 0 fully saturated rings. The third-order valence-corrected chi connectivity index (χ3v) is 6.24. The second-order valence-electron chi connectivity index (χ2n) is 6.13. The first-order valence-electron chi connectivity index (χ1n) is 8.47. The Hall–Kier alpha value is -1.98. The lowest BCUT2D eigenvalue weighted by Crippen LogP contribution is -2.36. The smallest absolute Gasteiger partial charge is 0.233 e. The topological polar surface area (TPSA) is 25.2 Å². The predicted molar refractivity (Wildman–Crippen MR) is 104 cm³/mol. The van der Waals surface area contributed by atoms with Gasteiger partial charge in [-0.3, -0.25) is 4.79 Å². The highest BCUT2D eigenvalue weighted by Gasteiger charge is 2.30. The Morgan fingerprint density at radius 3 is 2.80 bits per heavy atom. The lowest BCUT2D eigenvalue weighted by Gasteiger charge is -2.30. The van der Waals surface area contributed by atoms with E-state index in [2.05, 4.69) is 56.8 Å². The molecule has 128 valence electrons. The van der Waals surface area contributed by atoms with E-state index in [1.54, 1.807) is 23.1 Å². The number of benzene rings is 1. The summed E-state index contributed by atoms with van der Waals surface area (Å²) >= 11 is 3.31. The van der Waals surface area contributed by atoms with E-state index in [0.29, 0.717) is 5.75 Å². The van der Waals surface area contributed by atoms with Crippen LogP contribution in [0.15, 0.2) is 70.4 Å². The van der Waals surface area contributed by atoms with Crippen LogP contribution in [0, 0.1) is 0 Å². The van der Waals surface area contributed by atoms with Crippen molar-refractivity contribution in [1.82, 2.24) is 9.47 Å². The molecule has 0 bridgehead atoms. The quantitative estimate of drug-likeness (QED) is 0.626. The number of fused-ring (bicyclic) bond motifs is 1. The van der Waals surface area contributed by atoms with Gasteiger partial charge in [-0.1, -0.05) is 18.2 Å². The first-order chi connectivity index (χ1) is 12.3. The molecule has 3 heterocycles. The molecule has 0 spiro atoms. The first kappa shape index (κ1) is 16.5. The van der Waals surface area contributed by atoms with Gasteiger partial charge in [-0.15, -0.1) is 11.8 Å². The Morgan fingerprint density at radius 1 is 1.12 bits per heavy atom. The average molecular weight is 369 g/mol. The summed E-state index contributed by atoms with van der Waals surface area (Å²) < 4.78 is 2.29. The molecule has 1 amide bonds. The van der Waals surface area contributed by atoms with Gasteiger partial charge in [0.05, 0.1) is 11.8 Å². The SMILES string of the molecule is O=C(CSc1ccccc1)N1CCCn2cccc2C1c1ccsc1. The molecule has 0 radical (unpaired) electrons. The van der Waals surface area contributed by atoms with Gasteiger partial charge in [-0.25, -0.2) is 0 Å². The summed E-state index contributed by atoms with van der Waals surface area (Å²) in [6, 6.07) is 16.5. The van der Waals surface area contributed by atoms with Crippen LogP contribution < -0.4 is 0 Å². The zero-order chi connectivity index (χ0) is 17.1. The second-order valence-corrected chi connectivity index (χ2v) is 7.96. The highest BCUT2D eigenvalue weighted by molar-refractivity contribution is 8.00. The monoisotopic (exact) mass is 368 g/mol. The standard InChI is InChI=1S/C20H20N2OS2/c23-19(15-25-17-6-2-1-3-7-17)22-12-5-11-21-10-4-8-18(21)20(22)16-9-13-24-14-16/h1-4,6-10,13-14,20H,5,11-12,15H2. The van der Waals surface area contributed by atoms with Gasteiger partial charge in [0, 0.05) is 29.9 Å². The molecule has 1 atom stereocenters. The summed E-state index contributed by atoms with van der Waals surface area (Å²) in [7, 11) is 0. The summed E-state index contributed by atoms with van der Waals surface area (Å²) in [5.41, 5.74) is 2.43. The van der Waals surface area contributed by atoms with Crippen molar-refractivity contribution in [2.75, 3.05) is 12.3 Å². The van der Waals surface area contributed by atoms with E-state index >= 15 is 0 Å². The number of hydrogen-bond donors (Lipinski definition) is 0. The number of rotatable bonds is 4. The number of carbonyl (C=O) groups excluding carboxylic acids is 1. The van der Waals surface area contributed by atoms with Crippen LogP contribution in [0.3, 0.4) is 0 Å². The van der Waals surface area contributed by atoms with E-state index in [0.717, 1.165) is 24.4 Å². The fraction of sp³-hybridized carbons (Fsp3) is 0.250. The fourth-order valence-electron chi connectivity index (χ4n) is 3.37. The van der Waals surface area contributed by atoms with Gasteiger partial charge >= 0.3 is 0 Å². The zero-order valence-corrected chi connectivity index (χ0v) is 15.5. The van der Waals surface area contributed by atoms with Gasteiger partial charge in [-0.2, -0.15) is 11.3 Å². The molecule has 25 heavy (non-hydrogen) atoms. The Bertz CT molecular complexity index is 827. The van der Waals surface area contributed by atoms with Crippen molar-refractivity contribution >= 4 is 29.0 Å². The zero-order valence-electron chi connectivity index (χ0n) is 13.9. The van der Waals surface area contributed by atoms with Crippen LogP contribution in [0.5, 0.6) is 0 Å². The van der Waals surface area contributed by atoms with Crippen LogP contribution in [-0.2, 0) is 11.3 Å². The van der Waals surface area contributed by atoms with Crippen molar-refractivity contribution in [3.8, 4) is 0 Å². The summed E-state index contributed by atoms with van der Waals surface area (Å²) in [6.07, 6.45) is 3.12. The number of amides is 1. The van der Waals surface area contributed by atoms with Crippen molar-refractivity contribution in [2.45, 2.75) is 23.9 Å². The molecule has 1 aliphatic heterocycles. The first-order valence-corrected chi connectivity index (χ1v) is 10.4. The van der Waals surface area contributed by atoms with Crippen LogP contribution in [0.4, 0.5) is 0 Å². The van der Waals surface area contributed by atoms with E-state index in [9.17, 15) is 4.79 Å². The molecule has 3 nitrogen and oxygen atoms in total. The van der Waals surface area contributed by atoms with Gasteiger partial charge in [-0.05, 0) is 53.1 Å². The molecule has 0 saturated carbocycles. The Morgan fingerprint density at radius 2 is 2.00 bits per heavy atom. The van der Waals surface area contributed by atoms with Crippen LogP contribution >= 0.6 is 23.1 Å². The summed E-state index contributed by atoms with van der Waals surface area (Å²) in [6.45, 7) is 1.77. The molecule has 0 N–H and O–H groups in total. The molecule has 2 aromatic heterocycles. The van der Waals surface area contributed by atoms with E-state index in [4.69, 9.17) is 0 Å². The van der Waals surface area contributed by atoms with E-state index in [1.165, 1.54) is 11.3 Å². The van der Waals surface area contributed by atoms with Crippen LogP contribution in [-0.4, -0.2) is 27.7 Å². The normalized spacial score (nSPS) is 17.1. The van der Waals surface area contributed by atoms with Gasteiger partial charge < -0.3 is 9.47 Å². The van der Waals surface area contributed by atoms with Gasteiger partial charge in [0.2, 0.25) is 5.91 Å². The largest absolute Gasteiger partial charge is 0.349 e. The molecule has 0 aliphatic carbocycles.